The first-order valence-corrected chi connectivity index (χ1v) is 10.1. The van der Waals surface area contributed by atoms with Gasteiger partial charge in [0.2, 0.25) is 5.91 Å². The van der Waals surface area contributed by atoms with Gasteiger partial charge in [-0.2, -0.15) is 5.10 Å². The Hall–Kier alpha value is -3.60. The van der Waals surface area contributed by atoms with Crippen molar-refractivity contribution in [2.24, 2.45) is 0 Å². The number of aromatic nitrogens is 2. The van der Waals surface area contributed by atoms with Gasteiger partial charge in [-0.3, -0.25) is 9.48 Å². The van der Waals surface area contributed by atoms with Crippen molar-refractivity contribution in [3.8, 4) is 0 Å². The summed E-state index contributed by atoms with van der Waals surface area (Å²) in [6, 6.07) is 18.1. The Bertz CT molecular complexity index is 1170. The number of carbonyl (C=O) groups excluding carboxylic acids is 1. The third kappa shape index (κ3) is 4.35. The number of furan rings is 1. The third-order valence-corrected chi connectivity index (χ3v) is 5.09. The molecule has 2 aromatic heterocycles. The summed E-state index contributed by atoms with van der Waals surface area (Å²) in [7, 11) is 1.80. The van der Waals surface area contributed by atoms with Crippen LogP contribution in [0.3, 0.4) is 0 Å². The van der Waals surface area contributed by atoms with Crippen LogP contribution < -0.4 is 0 Å². The van der Waals surface area contributed by atoms with E-state index in [2.05, 4.69) is 24.2 Å². The number of hydrogen-bond acceptors (Lipinski definition) is 3. The molecule has 0 bridgehead atoms. The van der Waals surface area contributed by atoms with Crippen molar-refractivity contribution in [3.63, 3.8) is 0 Å². The number of hydrogen-bond donors (Lipinski definition) is 0. The van der Waals surface area contributed by atoms with Gasteiger partial charge in [-0.05, 0) is 17.7 Å². The zero-order valence-corrected chi connectivity index (χ0v) is 17.3. The lowest BCUT2D eigenvalue weighted by Crippen LogP contribution is -2.23. The van der Waals surface area contributed by atoms with Gasteiger partial charge >= 0.3 is 0 Å². The van der Waals surface area contributed by atoms with Crippen LogP contribution in [0.15, 0.2) is 77.5 Å². The fraction of sp³-hybridized carbons (Fsp3) is 0.200. The highest BCUT2D eigenvalue weighted by Crippen LogP contribution is 2.27. The van der Waals surface area contributed by atoms with Crippen LogP contribution in [-0.2, 0) is 24.3 Å². The van der Waals surface area contributed by atoms with Crippen LogP contribution in [0.1, 0.15) is 29.4 Å². The fourth-order valence-electron chi connectivity index (χ4n) is 3.54. The molecule has 0 aliphatic rings. The molecular formula is C25H25N3O2. The number of para-hydroxylation sites is 1. The van der Waals surface area contributed by atoms with Gasteiger partial charge in [-0.15, -0.1) is 0 Å². The van der Waals surface area contributed by atoms with Crippen LogP contribution in [0, 0.1) is 0 Å². The number of nitrogens with zero attached hydrogens (tertiary/aromatic N) is 3. The van der Waals surface area contributed by atoms with Gasteiger partial charge in [-0.25, -0.2) is 0 Å². The van der Waals surface area contributed by atoms with Gasteiger partial charge in [0.1, 0.15) is 11.3 Å². The summed E-state index contributed by atoms with van der Waals surface area (Å²) in [6.45, 7) is 3.27. The predicted molar refractivity (Wildman–Crippen MR) is 119 cm³/mol. The Kier molecular flexibility index (Phi) is 5.80. The lowest BCUT2D eigenvalue weighted by Gasteiger charge is -2.13. The van der Waals surface area contributed by atoms with Crippen molar-refractivity contribution in [1.29, 1.82) is 0 Å². The number of aryl methyl sites for hydroxylation is 1. The number of likely N-dealkylation sites (N-methyl/N-ethyl adjacent to an activating group) is 1. The third-order valence-electron chi connectivity index (χ3n) is 5.09. The van der Waals surface area contributed by atoms with Crippen LogP contribution in [-0.4, -0.2) is 27.6 Å². The Morgan fingerprint density at radius 3 is 2.67 bits per heavy atom. The molecule has 0 aliphatic heterocycles. The monoisotopic (exact) mass is 399 g/mol. The Morgan fingerprint density at radius 1 is 1.10 bits per heavy atom. The molecule has 0 aliphatic carbocycles. The van der Waals surface area contributed by atoms with Gasteiger partial charge in [0.05, 0.1) is 12.7 Å². The molecule has 4 rings (SSSR count). The van der Waals surface area contributed by atoms with E-state index in [0.717, 1.165) is 34.3 Å². The standard InChI is InChI=1S/C25H25N3O2/c1-3-23-22(21-11-7-8-12-24(21)30-23)13-14-25(29)27(2)16-20-15-26-28(18-20)17-19-9-5-4-6-10-19/h4-15,18H,3,16-17H2,1-2H3. The lowest BCUT2D eigenvalue weighted by molar-refractivity contribution is -0.125. The SMILES string of the molecule is CCc1oc2ccccc2c1C=CC(=O)N(C)Cc1cnn(Cc2ccccc2)c1. The zero-order chi connectivity index (χ0) is 20.9. The van der Waals surface area contributed by atoms with Crippen LogP contribution in [0.4, 0.5) is 0 Å². The fourth-order valence-corrected chi connectivity index (χ4v) is 3.54. The maximum absolute atomic E-state index is 12.7. The molecule has 4 aromatic rings. The van der Waals surface area contributed by atoms with E-state index in [1.807, 2.05) is 65.6 Å². The minimum absolute atomic E-state index is 0.0573. The van der Waals surface area contributed by atoms with Gasteiger partial charge in [0.25, 0.3) is 0 Å². The zero-order valence-electron chi connectivity index (χ0n) is 17.3. The second-order valence-corrected chi connectivity index (χ2v) is 7.35. The van der Waals surface area contributed by atoms with E-state index in [9.17, 15) is 4.79 Å². The molecule has 0 radical (unpaired) electrons. The van der Waals surface area contributed by atoms with E-state index in [1.165, 1.54) is 5.56 Å². The van der Waals surface area contributed by atoms with Crippen LogP contribution in [0.25, 0.3) is 17.0 Å². The van der Waals surface area contributed by atoms with Gasteiger partial charge < -0.3 is 9.32 Å². The predicted octanol–water partition coefficient (Wildman–Crippen LogP) is 4.91. The smallest absolute Gasteiger partial charge is 0.246 e. The molecule has 0 unspecified atom stereocenters. The largest absolute Gasteiger partial charge is 0.460 e. The number of amides is 1. The minimum atomic E-state index is -0.0573. The molecular weight excluding hydrogens is 374 g/mol. The van der Waals surface area contributed by atoms with Crippen LogP contribution in [0.2, 0.25) is 0 Å². The molecule has 5 heteroatoms. The van der Waals surface area contributed by atoms with E-state index in [-0.39, 0.29) is 5.91 Å². The molecule has 0 fully saturated rings. The summed E-state index contributed by atoms with van der Waals surface area (Å²) in [5.74, 6) is 0.836. The minimum Gasteiger partial charge on any atom is -0.460 e. The number of fused-ring (bicyclic) bond motifs is 1. The van der Waals surface area contributed by atoms with Gasteiger partial charge in [0.15, 0.2) is 0 Å². The molecule has 1 amide bonds. The number of rotatable bonds is 7. The molecule has 2 aromatic carbocycles. The summed E-state index contributed by atoms with van der Waals surface area (Å²) < 4.78 is 7.79. The van der Waals surface area contributed by atoms with Gasteiger partial charge in [-0.1, -0.05) is 55.5 Å². The van der Waals surface area contributed by atoms with Crippen molar-refractivity contribution in [2.45, 2.75) is 26.4 Å². The Morgan fingerprint density at radius 2 is 1.87 bits per heavy atom. The van der Waals surface area contributed by atoms with E-state index >= 15 is 0 Å². The first-order chi connectivity index (χ1) is 14.6. The van der Waals surface area contributed by atoms with Crippen molar-refractivity contribution in [1.82, 2.24) is 14.7 Å². The topological polar surface area (TPSA) is 51.3 Å². The van der Waals surface area contributed by atoms with E-state index in [1.54, 1.807) is 18.0 Å². The molecule has 30 heavy (non-hydrogen) atoms. The molecule has 0 atom stereocenters. The summed E-state index contributed by atoms with van der Waals surface area (Å²) in [5, 5.41) is 5.45. The quantitative estimate of drug-likeness (QED) is 0.415. The Balaban J connectivity index is 1.42. The molecule has 152 valence electrons. The average molecular weight is 399 g/mol. The van der Waals surface area contributed by atoms with Crippen molar-refractivity contribution in [3.05, 3.63) is 95.5 Å². The molecule has 0 spiro atoms. The Labute approximate surface area is 176 Å². The second kappa shape index (κ2) is 8.82. The molecule has 5 nitrogen and oxygen atoms in total. The average Bonchev–Trinajstić information content (AvgIpc) is 3.36. The number of benzene rings is 2. The van der Waals surface area contributed by atoms with Crippen molar-refractivity contribution in [2.75, 3.05) is 7.05 Å². The van der Waals surface area contributed by atoms with E-state index in [0.29, 0.717) is 13.1 Å². The second-order valence-electron chi connectivity index (χ2n) is 7.35. The van der Waals surface area contributed by atoms with E-state index in [4.69, 9.17) is 4.42 Å². The molecule has 0 saturated carbocycles. The highest BCUT2D eigenvalue weighted by Gasteiger charge is 2.12. The normalized spacial score (nSPS) is 11.4. The summed E-state index contributed by atoms with van der Waals surface area (Å²) >= 11 is 0. The molecule has 2 heterocycles. The first-order valence-electron chi connectivity index (χ1n) is 10.1. The first kappa shape index (κ1) is 19.7. The number of carbonyl (C=O) groups is 1. The maximum atomic E-state index is 12.7. The summed E-state index contributed by atoms with van der Waals surface area (Å²) in [6.07, 6.45) is 8.06. The highest BCUT2D eigenvalue weighted by atomic mass is 16.3. The van der Waals surface area contributed by atoms with Crippen LogP contribution >= 0.6 is 0 Å². The van der Waals surface area contributed by atoms with Crippen molar-refractivity contribution >= 4 is 23.0 Å². The lowest BCUT2D eigenvalue weighted by atomic mass is 10.1. The molecule has 0 saturated heterocycles. The summed E-state index contributed by atoms with van der Waals surface area (Å²) in [4.78, 5) is 14.3. The highest BCUT2D eigenvalue weighted by molar-refractivity contribution is 5.96. The van der Waals surface area contributed by atoms with Crippen molar-refractivity contribution < 1.29 is 9.21 Å². The summed E-state index contributed by atoms with van der Waals surface area (Å²) in [5.41, 5.74) is 4.02. The van der Waals surface area contributed by atoms with Gasteiger partial charge in [0, 0.05) is 48.8 Å². The van der Waals surface area contributed by atoms with Crippen LogP contribution in [0.5, 0.6) is 0 Å². The van der Waals surface area contributed by atoms with E-state index < -0.39 is 0 Å². The molecule has 0 N–H and O–H groups in total. The maximum Gasteiger partial charge on any atom is 0.246 e.